The van der Waals surface area contributed by atoms with E-state index in [0.29, 0.717) is 0 Å². The fourth-order valence-corrected chi connectivity index (χ4v) is 4.18. The molecule has 1 aromatic carbocycles. The van der Waals surface area contributed by atoms with Crippen molar-refractivity contribution in [1.29, 1.82) is 0 Å². The lowest BCUT2D eigenvalue weighted by Crippen LogP contribution is -2.34. The first kappa shape index (κ1) is 16.4. The number of thiophene rings is 1. The molecule has 0 saturated carbocycles. The molecule has 0 atom stereocenters. The Bertz CT molecular complexity index is 1060. The topological polar surface area (TPSA) is 58.3 Å². The molecule has 0 amide bonds. The van der Waals surface area contributed by atoms with E-state index in [1.54, 1.807) is 11.3 Å². The Kier molecular flexibility index (Phi) is 4.31. The van der Waals surface area contributed by atoms with Crippen LogP contribution in [0.15, 0.2) is 53.2 Å². The number of rotatable bonds is 5. The van der Waals surface area contributed by atoms with Crippen LogP contribution in [0.2, 0.25) is 0 Å². The zero-order chi connectivity index (χ0) is 18.1. The highest BCUT2D eigenvalue weighted by Crippen LogP contribution is 2.21. The Balaban J connectivity index is 1.25. The van der Waals surface area contributed by atoms with Gasteiger partial charge >= 0.3 is 0 Å². The van der Waals surface area contributed by atoms with Gasteiger partial charge in [-0.1, -0.05) is 24.3 Å². The van der Waals surface area contributed by atoms with Crippen molar-refractivity contribution in [2.45, 2.75) is 13.0 Å². The Hall–Kier alpha value is -2.77. The Labute approximate surface area is 161 Å². The van der Waals surface area contributed by atoms with Crippen LogP contribution in [0.4, 0.5) is 5.82 Å². The molecule has 5 rings (SSSR count). The summed E-state index contributed by atoms with van der Waals surface area (Å²) in [5.74, 6) is 1.62. The molecule has 0 unspecified atom stereocenters. The van der Waals surface area contributed by atoms with Gasteiger partial charge in [0, 0.05) is 37.1 Å². The van der Waals surface area contributed by atoms with E-state index < -0.39 is 0 Å². The van der Waals surface area contributed by atoms with Gasteiger partial charge in [0.05, 0.1) is 0 Å². The fraction of sp³-hybridized carbons (Fsp3) is 0.250. The Morgan fingerprint density at radius 1 is 1.04 bits per heavy atom. The van der Waals surface area contributed by atoms with Gasteiger partial charge in [-0.15, -0.1) is 15.3 Å². The monoisotopic (exact) mass is 376 g/mol. The lowest BCUT2D eigenvalue weighted by Gasteiger charge is -2.28. The molecule has 4 aromatic rings. The molecule has 0 fully saturated rings. The van der Waals surface area contributed by atoms with Crippen LogP contribution >= 0.6 is 11.3 Å². The molecule has 3 aromatic heterocycles. The third kappa shape index (κ3) is 3.31. The van der Waals surface area contributed by atoms with Crippen molar-refractivity contribution in [3.63, 3.8) is 0 Å². The van der Waals surface area contributed by atoms with Crippen LogP contribution < -0.4 is 5.32 Å². The van der Waals surface area contributed by atoms with Crippen molar-refractivity contribution in [2.75, 3.05) is 25.0 Å². The Morgan fingerprint density at radius 2 is 1.96 bits per heavy atom. The maximum atomic E-state index is 4.68. The predicted octanol–water partition coefficient (Wildman–Crippen LogP) is 3.32. The van der Waals surface area contributed by atoms with E-state index >= 15 is 0 Å². The van der Waals surface area contributed by atoms with Crippen LogP contribution in [-0.2, 0) is 13.0 Å². The first-order valence-corrected chi connectivity index (χ1v) is 10.1. The van der Waals surface area contributed by atoms with Crippen molar-refractivity contribution >= 4 is 22.8 Å². The van der Waals surface area contributed by atoms with Crippen LogP contribution in [-0.4, -0.2) is 44.3 Å². The molecule has 0 aliphatic carbocycles. The lowest BCUT2D eigenvalue weighted by atomic mass is 10.00. The minimum Gasteiger partial charge on any atom is -0.367 e. The molecule has 7 heteroatoms. The molecule has 4 heterocycles. The molecular formula is C20H20N6S. The maximum Gasteiger partial charge on any atom is 0.186 e. The smallest absolute Gasteiger partial charge is 0.186 e. The molecule has 6 nitrogen and oxygen atoms in total. The van der Waals surface area contributed by atoms with Crippen molar-refractivity contribution in [3.05, 3.63) is 64.4 Å². The first-order valence-electron chi connectivity index (χ1n) is 9.15. The number of aromatic nitrogens is 4. The molecule has 1 N–H and O–H groups in total. The summed E-state index contributed by atoms with van der Waals surface area (Å²) in [4.78, 5) is 2.49. The van der Waals surface area contributed by atoms with Crippen LogP contribution in [0.5, 0.6) is 0 Å². The van der Waals surface area contributed by atoms with Gasteiger partial charge < -0.3 is 5.32 Å². The quantitative estimate of drug-likeness (QED) is 0.579. The van der Waals surface area contributed by atoms with Gasteiger partial charge in [0.15, 0.2) is 11.5 Å². The number of hydrogen-bond donors (Lipinski definition) is 1. The largest absolute Gasteiger partial charge is 0.367 e. The maximum absolute atomic E-state index is 4.68. The normalized spacial score (nSPS) is 14.4. The number of fused-ring (bicyclic) bond motifs is 2. The highest BCUT2D eigenvalue weighted by atomic mass is 32.1. The van der Waals surface area contributed by atoms with E-state index in [1.807, 2.05) is 28.1 Å². The second kappa shape index (κ2) is 7.09. The third-order valence-electron chi connectivity index (χ3n) is 4.99. The molecule has 1 aliphatic heterocycles. The van der Waals surface area contributed by atoms with Gasteiger partial charge in [-0.25, -0.2) is 0 Å². The van der Waals surface area contributed by atoms with Crippen LogP contribution in [0.1, 0.15) is 11.1 Å². The van der Waals surface area contributed by atoms with Crippen molar-refractivity contribution in [1.82, 2.24) is 24.7 Å². The van der Waals surface area contributed by atoms with Crippen molar-refractivity contribution in [3.8, 4) is 11.4 Å². The molecule has 0 spiro atoms. The zero-order valence-corrected chi connectivity index (χ0v) is 15.7. The van der Waals surface area contributed by atoms with Gasteiger partial charge in [-0.2, -0.15) is 15.9 Å². The van der Waals surface area contributed by atoms with E-state index in [0.717, 1.165) is 55.5 Å². The molecule has 136 valence electrons. The molecule has 1 aliphatic rings. The minimum absolute atomic E-state index is 0.759. The van der Waals surface area contributed by atoms with Gasteiger partial charge in [0.2, 0.25) is 0 Å². The SMILES string of the molecule is c1ccc2c(c1)CCN(CCNc1ccc3nnc(-c4ccsc4)n3n1)C2. The van der Waals surface area contributed by atoms with Gasteiger partial charge in [0.25, 0.3) is 0 Å². The second-order valence-corrected chi connectivity index (χ2v) is 7.53. The zero-order valence-electron chi connectivity index (χ0n) is 14.9. The van der Waals surface area contributed by atoms with Crippen LogP contribution in [0.25, 0.3) is 17.0 Å². The number of hydrogen-bond acceptors (Lipinski definition) is 6. The van der Waals surface area contributed by atoms with Gasteiger partial charge in [-0.3, -0.25) is 4.90 Å². The highest BCUT2D eigenvalue weighted by Gasteiger charge is 2.15. The van der Waals surface area contributed by atoms with Gasteiger partial charge in [0.1, 0.15) is 5.82 Å². The molecule has 0 bridgehead atoms. The first-order chi connectivity index (χ1) is 13.4. The predicted molar refractivity (Wildman–Crippen MR) is 108 cm³/mol. The fourth-order valence-electron chi connectivity index (χ4n) is 3.54. The summed E-state index contributed by atoms with van der Waals surface area (Å²) in [7, 11) is 0. The minimum atomic E-state index is 0.759. The molecular weight excluding hydrogens is 356 g/mol. The summed E-state index contributed by atoms with van der Waals surface area (Å²) in [5.41, 5.74) is 4.74. The molecule has 27 heavy (non-hydrogen) atoms. The average Bonchev–Trinajstić information content (AvgIpc) is 3.37. The van der Waals surface area contributed by atoms with E-state index in [2.05, 4.69) is 55.2 Å². The molecule has 0 radical (unpaired) electrons. The number of benzene rings is 1. The number of nitrogens with zero attached hydrogens (tertiary/aromatic N) is 5. The van der Waals surface area contributed by atoms with Gasteiger partial charge in [-0.05, 0) is 41.1 Å². The lowest BCUT2D eigenvalue weighted by molar-refractivity contribution is 0.264. The standard InChI is InChI=1S/C20H20N6S/c1-2-4-16-13-25(10-7-15(16)3-1)11-9-21-18-5-6-19-22-23-20(26(19)24-18)17-8-12-27-14-17/h1-6,8,12,14H,7,9-11,13H2,(H,21,24). The average molecular weight is 376 g/mol. The van der Waals surface area contributed by atoms with E-state index in [-0.39, 0.29) is 0 Å². The molecule has 0 saturated heterocycles. The summed E-state index contributed by atoms with van der Waals surface area (Å²) >= 11 is 1.65. The summed E-state index contributed by atoms with van der Waals surface area (Å²) in [5, 5.41) is 20.7. The summed E-state index contributed by atoms with van der Waals surface area (Å²) in [6.07, 6.45) is 1.13. The van der Waals surface area contributed by atoms with E-state index in [4.69, 9.17) is 0 Å². The third-order valence-corrected chi connectivity index (χ3v) is 5.67. The number of anilines is 1. The summed E-state index contributed by atoms with van der Waals surface area (Å²) in [6, 6.07) is 14.7. The van der Waals surface area contributed by atoms with E-state index in [1.165, 1.54) is 11.1 Å². The van der Waals surface area contributed by atoms with Crippen molar-refractivity contribution < 1.29 is 0 Å². The summed E-state index contributed by atoms with van der Waals surface area (Å²) < 4.78 is 1.81. The van der Waals surface area contributed by atoms with E-state index in [9.17, 15) is 0 Å². The number of nitrogens with one attached hydrogen (secondary N) is 1. The van der Waals surface area contributed by atoms with Crippen LogP contribution in [0.3, 0.4) is 0 Å². The summed E-state index contributed by atoms with van der Waals surface area (Å²) in [6.45, 7) is 3.99. The van der Waals surface area contributed by atoms with Crippen molar-refractivity contribution in [2.24, 2.45) is 0 Å². The Morgan fingerprint density at radius 3 is 2.85 bits per heavy atom. The highest BCUT2D eigenvalue weighted by molar-refractivity contribution is 7.08. The van der Waals surface area contributed by atoms with Crippen LogP contribution in [0, 0.1) is 0 Å². The second-order valence-electron chi connectivity index (χ2n) is 6.75.